The van der Waals surface area contributed by atoms with E-state index in [1.54, 1.807) is 0 Å². The number of allylic oxidation sites excluding steroid dienone is 2. The molecule has 15 heavy (non-hydrogen) atoms. The summed E-state index contributed by atoms with van der Waals surface area (Å²) in [5.41, 5.74) is 0.443. The van der Waals surface area contributed by atoms with Crippen LogP contribution in [-0.4, -0.2) is 0 Å². The smallest absolute Gasteiger partial charge is 0.0969 e. The molecule has 0 saturated heterocycles. The fourth-order valence-electron chi connectivity index (χ4n) is 1.46. The first-order chi connectivity index (χ1) is 6.49. The van der Waals surface area contributed by atoms with Gasteiger partial charge in [0.2, 0.25) is 0 Å². The molecule has 0 aromatic rings. The van der Waals surface area contributed by atoms with E-state index in [1.807, 2.05) is 0 Å². The highest BCUT2D eigenvalue weighted by Crippen LogP contribution is 2.28. The summed E-state index contributed by atoms with van der Waals surface area (Å²) in [7, 11) is 0. The Balaban J connectivity index is 4.04. The van der Waals surface area contributed by atoms with Crippen molar-refractivity contribution >= 4 is 0 Å². The van der Waals surface area contributed by atoms with Crippen molar-refractivity contribution in [2.24, 2.45) is 10.8 Å². The van der Waals surface area contributed by atoms with E-state index in [-0.39, 0.29) is 10.8 Å². The quantitative estimate of drug-likeness (QED) is 0.599. The Kier molecular flexibility index (Phi) is 4.64. The second-order valence-corrected chi connectivity index (χ2v) is 6.65. The first-order valence-electron chi connectivity index (χ1n) is 5.53. The monoisotopic (exact) mass is 210 g/mol. The third-order valence-corrected chi connectivity index (χ3v) is 1.74. The van der Waals surface area contributed by atoms with Crippen LogP contribution >= 0.6 is 0 Å². The van der Waals surface area contributed by atoms with Gasteiger partial charge in [-0.3, -0.25) is 0 Å². The Morgan fingerprint density at radius 3 is 1.27 bits per heavy atom. The molecule has 1 nitrogen and oxygen atoms in total. The fraction of sp³-hybridized carbons (Fsp3) is 0.714. The van der Waals surface area contributed by atoms with Gasteiger partial charge in [-0.25, -0.2) is 0 Å². The molecule has 0 aliphatic heterocycles. The number of hydrogen-bond acceptors (Lipinski definition) is 1. The molecular formula is C14H26O. The third-order valence-electron chi connectivity index (χ3n) is 1.74. The fourth-order valence-corrected chi connectivity index (χ4v) is 1.46. The van der Waals surface area contributed by atoms with Gasteiger partial charge < -0.3 is 4.74 Å². The second-order valence-electron chi connectivity index (χ2n) is 6.65. The molecule has 0 aliphatic carbocycles. The van der Waals surface area contributed by atoms with E-state index in [2.05, 4.69) is 54.7 Å². The minimum absolute atomic E-state index is 0.221. The first-order valence-corrected chi connectivity index (χ1v) is 5.53. The molecule has 0 unspecified atom stereocenters. The summed E-state index contributed by atoms with van der Waals surface area (Å²) in [6.07, 6.45) is 1.74. The zero-order chi connectivity index (χ0) is 12.3. The van der Waals surface area contributed by atoms with E-state index in [0.717, 1.165) is 24.4 Å². The van der Waals surface area contributed by atoms with E-state index >= 15 is 0 Å². The zero-order valence-electron chi connectivity index (χ0n) is 11.2. The van der Waals surface area contributed by atoms with Gasteiger partial charge in [-0.2, -0.15) is 0 Å². The standard InChI is InChI=1S/C14H26O/c1-11(9-13(3,4)5)15-12(2)10-14(6,7)8/h1-2,9-10H2,3-8H3. The van der Waals surface area contributed by atoms with E-state index in [9.17, 15) is 0 Å². The molecular weight excluding hydrogens is 184 g/mol. The van der Waals surface area contributed by atoms with Crippen LogP contribution in [0.3, 0.4) is 0 Å². The highest BCUT2D eigenvalue weighted by Gasteiger charge is 2.16. The zero-order valence-corrected chi connectivity index (χ0v) is 11.2. The molecule has 0 aromatic carbocycles. The van der Waals surface area contributed by atoms with Crippen LogP contribution in [0.4, 0.5) is 0 Å². The Bertz CT molecular complexity index is 209. The molecule has 0 bridgehead atoms. The van der Waals surface area contributed by atoms with Crippen molar-refractivity contribution < 1.29 is 4.74 Å². The average molecular weight is 210 g/mol. The molecule has 0 amide bonds. The number of hydrogen-bond donors (Lipinski definition) is 0. The molecule has 88 valence electrons. The van der Waals surface area contributed by atoms with Gasteiger partial charge in [-0.15, -0.1) is 0 Å². The lowest BCUT2D eigenvalue weighted by atomic mass is 9.90. The molecule has 0 spiro atoms. The van der Waals surface area contributed by atoms with Gasteiger partial charge in [0.05, 0.1) is 11.5 Å². The molecule has 0 atom stereocenters. The SMILES string of the molecule is C=C(CC(C)(C)C)OC(=C)CC(C)(C)C. The van der Waals surface area contributed by atoms with Gasteiger partial charge in [-0.1, -0.05) is 54.7 Å². The second kappa shape index (κ2) is 4.87. The summed E-state index contributed by atoms with van der Waals surface area (Å²) in [4.78, 5) is 0. The van der Waals surface area contributed by atoms with Gasteiger partial charge in [0, 0.05) is 12.8 Å². The molecule has 0 saturated carbocycles. The van der Waals surface area contributed by atoms with Crippen molar-refractivity contribution in [1.29, 1.82) is 0 Å². The van der Waals surface area contributed by atoms with Gasteiger partial charge >= 0.3 is 0 Å². The van der Waals surface area contributed by atoms with Crippen LogP contribution in [0.2, 0.25) is 0 Å². The highest BCUT2D eigenvalue weighted by atomic mass is 16.5. The summed E-state index contributed by atoms with van der Waals surface area (Å²) in [5.74, 6) is 1.63. The molecule has 0 N–H and O–H groups in total. The van der Waals surface area contributed by atoms with Crippen molar-refractivity contribution in [2.75, 3.05) is 0 Å². The lowest BCUT2D eigenvalue weighted by Gasteiger charge is -2.23. The Morgan fingerprint density at radius 1 is 0.800 bits per heavy atom. The van der Waals surface area contributed by atoms with E-state index < -0.39 is 0 Å². The topological polar surface area (TPSA) is 9.23 Å². The normalized spacial score (nSPS) is 12.4. The Morgan fingerprint density at radius 2 is 1.07 bits per heavy atom. The van der Waals surface area contributed by atoms with Crippen LogP contribution in [0.15, 0.2) is 24.7 Å². The minimum Gasteiger partial charge on any atom is -0.467 e. The maximum absolute atomic E-state index is 5.61. The average Bonchev–Trinajstić information content (AvgIpc) is 1.73. The van der Waals surface area contributed by atoms with Gasteiger partial charge in [0.25, 0.3) is 0 Å². The van der Waals surface area contributed by atoms with E-state index in [0.29, 0.717) is 0 Å². The van der Waals surface area contributed by atoms with Crippen molar-refractivity contribution in [3.63, 3.8) is 0 Å². The predicted octanol–water partition coefficient (Wildman–Crippen LogP) is 4.90. The molecule has 0 aromatic heterocycles. The van der Waals surface area contributed by atoms with Crippen LogP contribution in [0.5, 0.6) is 0 Å². The van der Waals surface area contributed by atoms with Crippen molar-refractivity contribution in [2.45, 2.75) is 54.4 Å². The van der Waals surface area contributed by atoms with Crippen LogP contribution in [0.1, 0.15) is 54.4 Å². The van der Waals surface area contributed by atoms with Crippen molar-refractivity contribution in [3.05, 3.63) is 24.7 Å². The van der Waals surface area contributed by atoms with Crippen molar-refractivity contribution in [3.8, 4) is 0 Å². The molecule has 1 heteroatoms. The van der Waals surface area contributed by atoms with E-state index in [1.165, 1.54) is 0 Å². The third kappa shape index (κ3) is 9.58. The predicted molar refractivity (Wildman–Crippen MR) is 67.5 cm³/mol. The van der Waals surface area contributed by atoms with Crippen LogP contribution in [-0.2, 0) is 4.74 Å². The van der Waals surface area contributed by atoms with Gasteiger partial charge in [-0.05, 0) is 10.8 Å². The molecule has 0 aliphatic rings. The number of ether oxygens (including phenoxy) is 1. The van der Waals surface area contributed by atoms with Crippen LogP contribution in [0.25, 0.3) is 0 Å². The summed E-state index contributed by atoms with van der Waals surface area (Å²) in [6, 6.07) is 0. The maximum Gasteiger partial charge on any atom is 0.0969 e. The molecule has 0 fully saturated rings. The summed E-state index contributed by atoms with van der Waals surface area (Å²) >= 11 is 0. The number of rotatable bonds is 4. The van der Waals surface area contributed by atoms with Gasteiger partial charge in [0.1, 0.15) is 0 Å². The van der Waals surface area contributed by atoms with E-state index in [4.69, 9.17) is 4.74 Å². The summed E-state index contributed by atoms with van der Waals surface area (Å²) in [5, 5.41) is 0. The minimum atomic E-state index is 0.221. The molecule has 0 rings (SSSR count). The summed E-state index contributed by atoms with van der Waals surface area (Å²) in [6.45, 7) is 20.9. The first kappa shape index (κ1) is 14.3. The Hall–Kier alpha value is -0.720. The summed E-state index contributed by atoms with van der Waals surface area (Å²) < 4.78 is 5.61. The van der Waals surface area contributed by atoms with Gasteiger partial charge in [0.15, 0.2) is 0 Å². The highest BCUT2D eigenvalue weighted by molar-refractivity contribution is 4.97. The maximum atomic E-state index is 5.61. The largest absolute Gasteiger partial charge is 0.467 e. The van der Waals surface area contributed by atoms with Crippen LogP contribution < -0.4 is 0 Å². The molecule has 0 heterocycles. The Labute approximate surface area is 95.2 Å². The van der Waals surface area contributed by atoms with Crippen LogP contribution in [0, 0.1) is 10.8 Å². The molecule has 0 radical (unpaired) electrons. The van der Waals surface area contributed by atoms with Crippen molar-refractivity contribution in [1.82, 2.24) is 0 Å². The lowest BCUT2D eigenvalue weighted by Crippen LogP contribution is -2.10. The lowest BCUT2D eigenvalue weighted by molar-refractivity contribution is 0.217.